The van der Waals surface area contributed by atoms with Gasteiger partial charge in [-0.1, -0.05) is 34.1 Å². The van der Waals surface area contributed by atoms with Crippen LogP contribution in [0.25, 0.3) is 0 Å². The van der Waals surface area contributed by atoms with Crippen LogP contribution in [0, 0.1) is 0 Å². The van der Waals surface area contributed by atoms with E-state index in [9.17, 15) is 4.79 Å². The quantitative estimate of drug-likeness (QED) is 0.623. The van der Waals surface area contributed by atoms with Gasteiger partial charge in [-0.15, -0.1) is 0 Å². The number of benzene rings is 1. The molecule has 2 rings (SSSR count). The molecule has 104 valence electrons. The number of hydrogen-bond acceptors (Lipinski definition) is 4. The number of para-hydroxylation sites is 1. The highest BCUT2D eigenvalue weighted by molar-refractivity contribution is 9.09. The molecule has 0 aliphatic rings. The first-order valence-corrected chi connectivity index (χ1v) is 6.99. The molecule has 0 aliphatic carbocycles. The van der Waals surface area contributed by atoms with Crippen molar-refractivity contribution in [2.45, 2.75) is 11.8 Å². The fourth-order valence-corrected chi connectivity index (χ4v) is 2.06. The van der Waals surface area contributed by atoms with Crippen LogP contribution in [-0.2, 0) is 4.74 Å². The van der Waals surface area contributed by atoms with Gasteiger partial charge < -0.3 is 9.47 Å². The van der Waals surface area contributed by atoms with Gasteiger partial charge in [-0.2, -0.15) is 0 Å². The fourth-order valence-electron chi connectivity index (χ4n) is 1.71. The zero-order valence-electron chi connectivity index (χ0n) is 11.2. The van der Waals surface area contributed by atoms with E-state index in [0.29, 0.717) is 22.9 Å². The van der Waals surface area contributed by atoms with Gasteiger partial charge >= 0.3 is 5.97 Å². The molecule has 0 bridgehead atoms. The molecule has 1 aromatic carbocycles. The molecule has 0 spiro atoms. The number of carbonyl (C=O) groups excluding carboxylic acids is 1. The summed E-state index contributed by atoms with van der Waals surface area (Å²) in [5, 5.41) is 0. The minimum absolute atomic E-state index is 0.0871. The lowest BCUT2D eigenvalue weighted by Gasteiger charge is -2.11. The first kappa shape index (κ1) is 14.5. The summed E-state index contributed by atoms with van der Waals surface area (Å²) in [5.41, 5.74) is 1.02. The molecule has 0 saturated carbocycles. The third kappa shape index (κ3) is 3.36. The number of alkyl halides is 1. The summed E-state index contributed by atoms with van der Waals surface area (Å²) in [5.74, 6) is 0.717. The number of aromatic nitrogens is 1. The summed E-state index contributed by atoms with van der Waals surface area (Å²) < 4.78 is 10.4. The van der Waals surface area contributed by atoms with Crippen LogP contribution in [-0.4, -0.2) is 18.1 Å². The Morgan fingerprint density at radius 1 is 1.20 bits per heavy atom. The number of esters is 1. The number of methoxy groups -OCH3 is 1. The minimum atomic E-state index is -0.412. The average Bonchev–Trinajstić information content (AvgIpc) is 2.47. The van der Waals surface area contributed by atoms with Crippen LogP contribution in [0.1, 0.15) is 27.8 Å². The van der Waals surface area contributed by atoms with Gasteiger partial charge in [0.05, 0.1) is 23.2 Å². The standard InChI is InChI=1S/C15H14BrNO3/c1-10(16)14-12(15(18)19-2)8-9-13(17-14)20-11-6-4-3-5-7-11/h3-10H,1-2H3. The fraction of sp³-hybridized carbons (Fsp3) is 0.200. The second kappa shape index (κ2) is 6.52. The summed E-state index contributed by atoms with van der Waals surface area (Å²) in [7, 11) is 1.35. The Morgan fingerprint density at radius 2 is 1.90 bits per heavy atom. The highest BCUT2D eigenvalue weighted by Crippen LogP contribution is 2.28. The maximum atomic E-state index is 11.7. The molecule has 0 aliphatic heterocycles. The van der Waals surface area contributed by atoms with Crippen LogP contribution in [0.3, 0.4) is 0 Å². The van der Waals surface area contributed by atoms with Crippen LogP contribution < -0.4 is 4.74 Å². The molecule has 0 saturated heterocycles. The van der Waals surface area contributed by atoms with E-state index in [1.54, 1.807) is 12.1 Å². The van der Waals surface area contributed by atoms with Crippen molar-refractivity contribution in [3.63, 3.8) is 0 Å². The van der Waals surface area contributed by atoms with Gasteiger partial charge in [-0.25, -0.2) is 9.78 Å². The van der Waals surface area contributed by atoms with E-state index in [0.717, 1.165) is 0 Å². The first-order valence-electron chi connectivity index (χ1n) is 6.08. The smallest absolute Gasteiger partial charge is 0.339 e. The van der Waals surface area contributed by atoms with E-state index in [-0.39, 0.29) is 4.83 Å². The molecule has 0 fully saturated rings. The Kier molecular flexibility index (Phi) is 4.74. The van der Waals surface area contributed by atoms with Gasteiger partial charge in [0.25, 0.3) is 0 Å². The van der Waals surface area contributed by atoms with Gasteiger partial charge in [-0.05, 0) is 25.1 Å². The summed E-state index contributed by atoms with van der Waals surface area (Å²) in [6, 6.07) is 12.7. The van der Waals surface area contributed by atoms with E-state index < -0.39 is 5.97 Å². The number of carbonyl (C=O) groups is 1. The number of halogens is 1. The van der Waals surface area contributed by atoms with Crippen LogP contribution >= 0.6 is 15.9 Å². The second-order valence-corrected chi connectivity index (χ2v) is 5.48. The summed E-state index contributed by atoms with van der Waals surface area (Å²) >= 11 is 3.42. The lowest BCUT2D eigenvalue weighted by Crippen LogP contribution is -2.08. The van der Waals surface area contributed by atoms with Gasteiger partial charge in [-0.3, -0.25) is 0 Å². The van der Waals surface area contributed by atoms with Crippen molar-refractivity contribution >= 4 is 21.9 Å². The van der Waals surface area contributed by atoms with Gasteiger partial charge in [0, 0.05) is 6.07 Å². The van der Waals surface area contributed by atoms with Crippen molar-refractivity contribution in [1.82, 2.24) is 4.98 Å². The molecular weight excluding hydrogens is 322 g/mol. The van der Waals surface area contributed by atoms with Gasteiger partial charge in [0.15, 0.2) is 0 Å². The van der Waals surface area contributed by atoms with Crippen LogP contribution in [0.15, 0.2) is 42.5 Å². The lowest BCUT2D eigenvalue weighted by atomic mass is 10.1. The van der Waals surface area contributed by atoms with Crippen LogP contribution in [0.5, 0.6) is 11.6 Å². The zero-order chi connectivity index (χ0) is 14.5. The van der Waals surface area contributed by atoms with Crippen molar-refractivity contribution in [3.05, 3.63) is 53.7 Å². The van der Waals surface area contributed by atoms with E-state index in [4.69, 9.17) is 9.47 Å². The number of rotatable bonds is 4. The molecule has 2 aromatic rings. The second-order valence-electron chi connectivity index (χ2n) is 4.10. The first-order chi connectivity index (χ1) is 9.61. The van der Waals surface area contributed by atoms with Crippen molar-refractivity contribution in [1.29, 1.82) is 0 Å². The number of pyridine rings is 1. The van der Waals surface area contributed by atoms with Crippen LogP contribution in [0.4, 0.5) is 0 Å². The Bertz CT molecular complexity index is 599. The van der Waals surface area contributed by atoms with Crippen molar-refractivity contribution in [2.75, 3.05) is 7.11 Å². The molecule has 5 heteroatoms. The van der Waals surface area contributed by atoms with Gasteiger partial charge in [0.1, 0.15) is 5.75 Å². The molecule has 1 aromatic heterocycles. The summed E-state index contributed by atoms with van der Waals surface area (Å²) in [6.45, 7) is 1.89. The highest BCUT2D eigenvalue weighted by atomic mass is 79.9. The lowest BCUT2D eigenvalue weighted by molar-refractivity contribution is 0.0599. The maximum Gasteiger partial charge on any atom is 0.339 e. The van der Waals surface area contributed by atoms with E-state index >= 15 is 0 Å². The molecule has 20 heavy (non-hydrogen) atoms. The highest BCUT2D eigenvalue weighted by Gasteiger charge is 2.18. The monoisotopic (exact) mass is 335 g/mol. The van der Waals surface area contributed by atoms with Crippen molar-refractivity contribution < 1.29 is 14.3 Å². The minimum Gasteiger partial charge on any atom is -0.465 e. The molecule has 0 N–H and O–H groups in total. The average molecular weight is 336 g/mol. The predicted molar refractivity (Wildman–Crippen MR) is 79.4 cm³/mol. The summed E-state index contributed by atoms with van der Waals surface area (Å²) in [4.78, 5) is 16.0. The summed E-state index contributed by atoms with van der Waals surface area (Å²) in [6.07, 6.45) is 0. The molecule has 0 amide bonds. The number of ether oxygens (including phenoxy) is 2. The van der Waals surface area contributed by atoms with E-state index in [1.165, 1.54) is 7.11 Å². The van der Waals surface area contributed by atoms with Gasteiger partial charge in [0.2, 0.25) is 5.88 Å². The Morgan fingerprint density at radius 3 is 2.50 bits per heavy atom. The largest absolute Gasteiger partial charge is 0.465 e. The molecule has 4 nitrogen and oxygen atoms in total. The topological polar surface area (TPSA) is 48.4 Å². The molecule has 1 heterocycles. The molecular formula is C15H14BrNO3. The number of nitrogens with zero attached hydrogens (tertiary/aromatic N) is 1. The Balaban J connectivity index is 2.33. The third-order valence-electron chi connectivity index (χ3n) is 2.65. The third-order valence-corrected chi connectivity index (χ3v) is 3.08. The molecule has 0 radical (unpaired) electrons. The Hall–Kier alpha value is -1.88. The van der Waals surface area contributed by atoms with Crippen molar-refractivity contribution in [3.8, 4) is 11.6 Å². The van der Waals surface area contributed by atoms with Crippen LogP contribution in [0.2, 0.25) is 0 Å². The SMILES string of the molecule is COC(=O)c1ccc(Oc2ccccc2)nc1C(C)Br. The predicted octanol–water partition coefficient (Wildman–Crippen LogP) is 4.12. The van der Waals surface area contributed by atoms with Crippen molar-refractivity contribution in [2.24, 2.45) is 0 Å². The maximum absolute atomic E-state index is 11.7. The van der Waals surface area contributed by atoms with E-state index in [2.05, 4.69) is 20.9 Å². The molecule has 1 atom stereocenters. The Labute approximate surface area is 125 Å². The molecule has 1 unspecified atom stereocenters. The zero-order valence-corrected chi connectivity index (χ0v) is 12.8. The van der Waals surface area contributed by atoms with E-state index in [1.807, 2.05) is 37.3 Å². The normalized spacial score (nSPS) is 11.8. The number of hydrogen-bond donors (Lipinski definition) is 0.